The van der Waals surface area contributed by atoms with Gasteiger partial charge in [-0.25, -0.2) is 14.8 Å². The van der Waals surface area contributed by atoms with Gasteiger partial charge in [0.25, 0.3) is 28.9 Å². The number of thiophene rings is 2. The SMILES string of the molecule is CC(C)=C(Cl)N(C)C.I.O=C(Cl)c1cc2c(s1)-c1ccccc1N(C(=O)c1ccc(NC(=O)c3cc4ccccc4nc3N3CC4(CCOCC4)C3)cc1)CC2.O=C(O)c1cc2c(s1)-c1ccccc1N(C(=O)c1ccc(NC(=O)c3cc4ccccc4nc3Cl)cc1)CC2. The number of rotatable bonds is 10. The standard InChI is InChI=1S/C37H31ClN4O4S.C30H20ClN3O4S.C6H12ClN.HI/c38-33(43)31-20-25-13-16-42(30-8-4-2-6-27(30)32(25)47-31)36(45)23-9-11-26(12-10-23)39-35(44)28-19-24-5-1-3-7-29(24)40-34(28)41-21-37(22-41)14-17-46-18-15-37;31-27-22(15-18-5-1-3-7-23(18)33-27)28(35)32-20-11-9-17(10-12-20)29(36)34-14-13-19-16-25(30(37)38)39-26(19)21-6-2-4-8-24(21)34;1-5(2)6(7)8(3)4;/h1-12,19-20H,13-18,21-22H2,(H,39,44);1-12,15-16H,13-14H2,(H,32,35)(H,37,38);1-4H3;1H. The molecule has 3 N–H and O–H groups in total. The van der Waals surface area contributed by atoms with Crippen LogP contribution in [0, 0.1) is 5.41 Å². The highest BCUT2D eigenvalue weighted by Crippen LogP contribution is 2.46. The number of carboxylic acid groups (broad SMARTS) is 1. The van der Waals surface area contributed by atoms with Gasteiger partial charge in [0.05, 0.1) is 38.4 Å². The minimum atomic E-state index is -0.954. The molecule has 4 aliphatic heterocycles. The third kappa shape index (κ3) is 14.7. The second-order valence-corrected chi connectivity index (χ2v) is 26.9. The van der Waals surface area contributed by atoms with Crippen molar-refractivity contribution >= 4 is 167 Å². The average Bonchev–Trinajstić information content (AvgIpc) is 0.937. The fourth-order valence-electron chi connectivity index (χ4n) is 12.2. The molecule has 0 aliphatic carbocycles. The minimum Gasteiger partial charge on any atom is -0.477 e. The van der Waals surface area contributed by atoms with Gasteiger partial charge in [-0.2, -0.15) is 0 Å². The first-order valence-corrected chi connectivity index (χ1v) is 33.2. The van der Waals surface area contributed by atoms with E-state index in [0.29, 0.717) is 70.2 Å². The summed E-state index contributed by atoms with van der Waals surface area (Å²) >= 11 is 20.4. The number of benzene rings is 6. The number of ether oxygens (including phenoxy) is 1. The van der Waals surface area contributed by atoms with E-state index < -0.39 is 17.1 Å². The first-order valence-electron chi connectivity index (χ1n) is 30.4. The molecule has 0 atom stereocenters. The molecule has 0 radical (unpaired) electrons. The maximum Gasteiger partial charge on any atom is 0.345 e. The Bertz CT molecular complexity index is 4660. The highest BCUT2D eigenvalue weighted by atomic mass is 127. The molecule has 6 aromatic carbocycles. The Morgan fingerprint density at radius 1 is 0.589 bits per heavy atom. The van der Waals surface area contributed by atoms with E-state index in [9.17, 15) is 33.9 Å². The number of allylic oxidation sites excluding steroid dienone is 1. The van der Waals surface area contributed by atoms with Gasteiger partial charge < -0.3 is 40.1 Å². The van der Waals surface area contributed by atoms with Crippen molar-refractivity contribution in [1.29, 1.82) is 0 Å². The van der Waals surface area contributed by atoms with Gasteiger partial charge in [0.1, 0.15) is 21.0 Å². The van der Waals surface area contributed by atoms with Crippen LogP contribution in [0.4, 0.5) is 28.6 Å². The van der Waals surface area contributed by atoms with Crippen molar-refractivity contribution in [1.82, 2.24) is 14.9 Å². The number of nitrogens with one attached hydrogen (secondary N) is 2. The lowest BCUT2D eigenvalue weighted by molar-refractivity contribution is -0.000496. The predicted octanol–water partition coefficient (Wildman–Crippen LogP) is 16.8. The van der Waals surface area contributed by atoms with E-state index in [4.69, 9.17) is 44.5 Å². The van der Waals surface area contributed by atoms with Crippen molar-refractivity contribution in [2.75, 3.05) is 78.8 Å². The molecule has 484 valence electrons. The van der Waals surface area contributed by atoms with Crippen molar-refractivity contribution in [3.8, 4) is 20.9 Å². The molecular formula is C73H64Cl3IN8O8S2. The summed E-state index contributed by atoms with van der Waals surface area (Å²) in [6.45, 7) is 8.12. The monoisotopic (exact) mass is 1480 g/mol. The summed E-state index contributed by atoms with van der Waals surface area (Å²) in [6.07, 6.45) is 3.18. The van der Waals surface area contributed by atoms with Crippen LogP contribution in [-0.2, 0) is 17.6 Å². The first-order chi connectivity index (χ1) is 45.3. The fraction of sp³-hybridized carbons (Fsp3) is 0.205. The molecule has 10 aromatic rings. The molecule has 4 aliphatic rings. The number of amides is 4. The molecule has 14 rings (SSSR count). The number of pyridine rings is 2. The maximum atomic E-state index is 13.9. The lowest BCUT2D eigenvalue weighted by atomic mass is 9.73. The van der Waals surface area contributed by atoms with E-state index in [1.165, 1.54) is 22.7 Å². The van der Waals surface area contributed by atoms with Gasteiger partial charge in [0.15, 0.2) is 0 Å². The number of fused-ring (bicyclic) bond motifs is 8. The van der Waals surface area contributed by atoms with E-state index in [2.05, 4.69) is 20.5 Å². The number of carbonyl (C=O) groups excluding carboxylic acids is 5. The van der Waals surface area contributed by atoms with E-state index in [1.54, 1.807) is 70.5 Å². The Kier molecular flexibility index (Phi) is 20.9. The summed E-state index contributed by atoms with van der Waals surface area (Å²) in [6, 6.07) is 51.4. The number of hydrogen-bond donors (Lipinski definition) is 3. The van der Waals surface area contributed by atoms with E-state index in [-0.39, 0.29) is 62.7 Å². The first kappa shape index (κ1) is 67.9. The molecule has 4 amide bonds. The van der Waals surface area contributed by atoms with Gasteiger partial charge in [-0.3, -0.25) is 24.0 Å². The number of carboxylic acids is 1. The highest BCUT2D eigenvalue weighted by Gasteiger charge is 2.45. The second kappa shape index (κ2) is 29.2. The van der Waals surface area contributed by atoms with Crippen LogP contribution in [0.15, 0.2) is 181 Å². The summed E-state index contributed by atoms with van der Waals surface area (Å²) in [7, 11) is 3.85. The van der Waals surface area contributed by atoms with Gasteiger partial charge in [-0.1, -0.05) is 96.0 Å². The Morgan fingerprint density at radius 3 is 1.53 bits per heavy atom. The largest absolute Gasteiger partial charge is 0.477 e. The van der Waals surface area contributed by atoms with Crippen LogP contribution in [-0.4, -0.2) is 108 Å². The van der Waals surface area contributed by atoms with Gasteiger partial charge in [0.2, 0.25) is 0 Å². The molecule has 0 unspecified atom stereocenters. The number of carbonyl (C=O) groups is 6. The molecule has 95 heavy (non-hydrogen) atoms. The number of hydrogen-bond acceptors (Lipinski definition) is 13. The van der Waals surface area contributed by atoms with Crippen LogP contribution < -0.4 is 25.3 Å². The molecule has 0 saturated carbocycles. The lowest BCUT2D eigenvalue weighted by Crippen LogP contribution is -2.59. The number of aromatic nitrogens is 2. The molecule has 2 fully saturated rings. The van der Waals surface area contributed by atoms with Crippen LogP contribution in [0.2, 0.25) is 5.15 Å². The Morgan fingerprint density at radius 2 is 1.04 bits per heavy atom. The van der Waals surface area contributed by atoms with Crippen LogP contribution in [0.25, 0.3) is 42.7 Å². The molecule has 2 saturated heterocycles. The molecule has 4 aromatic heterocycles. The maximum absolute atomic E-state index is 13.9. The Hall–Kier alpha value is -8.54. The third-order valence-corrected chi connectivity index (χ3v) is 20.7. The lowest BCUT2D eigenvalue weighted by Gasteiger charge is -2.53. The van der Waals surface area contributed by atoms with Crippen LogP contribution in [0.3, 0.4) is 0 Å². The zero-order valence-electron chi connectivity index (χ0n) is 52.1. The minimum absolute atomic E-state index is 0. The van der Waals surface area contributed by atoms with Crippen LogP contribution >= 0.6 is 81.5 Å². The molecule has 22 heteroatoms. The van der Waals surface area contributed by atoms with E-state index in [0.717, 1.165) is 110 Å². The predicted molar refractivity (Wildman–Crippen MR) is 393 cm³/mol. The molecule has 8 heterocycles. The van der Waals surface area contributed by atoms with Gasteiger partial charge in [0, 0.05) is 113 Å². The van der Waals surface area contributed by atoms with E-state index >= 15 is 0 Å². The topological polar surface area (TPSA) is 195 Å². The van der Waals surface area contributed by atoms with Gasteiger partial charge >= 0.3 is 5.97 Å². The molecular weight excluding hydrogens is 1410 g/mol. The molecule has 1 spiro atoms. The smallest absolute Gasteiger partial charge is 0.345 e. The summed E-state index contributed by atoms with van der Waals surface area (Å²) in [4.78, 5) is 97.0. The normalized spacial score (nSPS) is 14.0. The zero-order valence-corrected chi connectivity index (χ0v) is 58.3. The third-order valence-electron chi connectivity index (χ3n) is 17.0. The van der Waals surface area contributed by atoms with E-state index in [1.807, 2.05) is 142 Å². The number of nitrogens with zero attached hydrogens (tertiary/aromatic N) is 6. The van der Waals surface area contributed by atoms with Crippen molar-refractivity contribution in [2.24, 2.45) is 5.41 Å². The fourth-order valence-corrected chi connectivity index (χ4v) is 14.7. The number of halogens is 4. The number of anilines is 5. The number of para-hydroxylation sites is 4. The molecule has 0 bridgehead atoms. The highest BCUT2D eigenvalue weighted by molar-refractivity contribution is 14.0. The van der Waals surface area contributed by atoms with Crippen molar-refractivity contribution < 1.29 is 38.6 Å². The Labute approximate surface area is 589 Å². The second-order valence-electron chi connectivity index (χ2n) is 23.7. The van der Waals surface area contributed by atoms with Crippen LogP contribution in [0.1, 0.15) is 98.6 Å². The average molecular weight is 1480 g/mol. The van der Waals surface area contributed by atoms with Crippen molar-refractivity contribution in [2.45, 2.75) is 39.5 Å². The quantitative estimate of drug-likeness (QED) is 0.0508. The zero-order chi connectivity index (χ0) is 65.9. The van der Waals surface area contributed by atoms with Crippen LogP contribution in [0.5, 0.6) is 0 Å². The summed E-state index contributed by atoms with van der Waals surface area (Å²) in [5.74, 6) is -1.22. The summed E-state index contributed by atoms with van der Waals surface area (Å²) in [5.41, 5.74) is 11.0. The number of aromatic carboxylic acids is 1. The van der Waals surface area contributed by atoms with Gasteiger partial charge in [-0.15, -0.1) is 46.7 Å². The van der Waals surface area contributed by atoms with Crippen molar-refractivity contribution in [3.05, 3.63) is 229 Å². The van der Waals surface area contributed by atoms with Crippen molar-refractivity contribution in [3.63, 3.8) is 0 Å². The summed E-state index contributed by atoms with van der Waals surface area (Å²) in [5, 5.41) is 17.5. The molecule has 16 nitrogen and oxygen atoms in total. The Balaban J connectivity index is 0.000000174. The summed E-state index contributed by atoms with van der Waals surface area (Å²) < 4.78 is 5.59. The van der Waals surface area contributed by atoms with Gasteiger partial charge in [-0.05, 0) is 165 Å².